The molecule has 0 bridgehead atoms. The average Bonchev–Trinajstić information content (AvgIpc) is 2.98. The molecule has 0 amide bonds. The van der Waals surface area contributed by atoms with Gasteiger partial charge < -0.3 is 15.1 Å². The predicted octanol–water partition coefficient (Wildman–Crippen LogP) is 2.09. The number of likely N-dealkylation sites (N-methyl/N-ethyl adjacent to an activating group) is 1. The van der Waals surface area contributed by atoms with Crippen LogP contribution in [0, 0.1) is 0 Å². The van der Waals surface area contributed by atoms with Crippen molar-refractivity contribution in [1.82, 2.24) is 15.2 Å². The Morgan fingerprint density at radius 2 is 2.05 bits per heavy atom. The Hall–Kier alpha value is -1.65. The summed E-state index contributed by atoms with van der Waals surface area (Å²) in [6.07, 6.45) is 3.23. The molecule has 1 aromatic carbocycles. The minimum atomic E-state index is 0.627. The molecule has 2 aromatic rings. The van der Waals surface area contributed by atoms with Crippen LogP contribution in [-0.4, -0.2) is 50.2 Å². The van der Waals surface area contributed by atoms with Gasteiger partial charge in [-0.05, 0) is 38.5 Å². The van der Waals surface area contributed by atoms with Crippen LogP contribution in [0.2, 0.25) is 0 Å². The topological polar surface area (TPSA) is 31.4 Å². The Morgan fingerprint density at radius 1 is 1.29 bits per heavy atom. The van der Waals surface area contributed by atoms with Crippen LogP contribution in [0.25, 0.3) is 10.8 Å². The van der Waals surface area contributed by atoms with E-state index in [4.69, 9.17) is 4.98 Å². The first-order valence-electron chi connectivity index (χ1n) is 7.63. The zero-order valence-corrected chi connectivity index (χ0v) is 13.1. The molecule has 1 aliphatic rings. The van der Waals surface area contributed by atoms with Gasteiger partial charge in [0, 0.05) is 37.3 Å². The van der Waals surface area contributed by atoms with Gasteiger partial charge in [0.2, 0.25) is 0 Å². The van der Waals surface area contributed by atoms with Crippen LogP contribution in [0.15, 0.2) is 30.5 Å². The Morgan fingerprint density at radius 3 is 2.71 bits per heavy atom. The highest BCUT2D eigenvalue weighted by Crippen LogP contribution is 2.30. The van der Waals surface area contributed by atoms with E-state index in [-0.39, 0.29) is 0 Å². The first-order chi connectivity index (χ1) is 10.2. The molecule has 0 radical (unpaired) electrons. The number of hydrogen-bond donors (Lipinski definition) is 1. The van der Waals surface area contributed by atoms with Crippen LogP contribution in [0.3, 0.4) is 0 Å². The molecular formula is C17H24N4. The van der Waals surface area contributed by atoms with Crippen molar-refractivity contribution in [3.05, 3.63) is 36.0 Å². The molecule has 4 nitrogen and oxygen atoms in total. The van der Waals surface area contributed by atoms with Crippen molar-refractivity contribution in [1.29, 1.82) is 0 Å². The summed E-state index contributed by atoms with van der Waals surface area (Å²) in [7, 11) is 6.30. The predicted molar refractivity (Wildman–Crippen MR) is 88.8 cm³/mol. The Balaban J connectivity index is 1.99. The van der Waals surface area contributed by atoms with Gasteiger partial charge in [-0.2, -0.15) is 0 Å². The SMILES string of the molecule is CNCc1cnc(N2CCC(N(C)C)C2)c2ccccc12. The summed E-state index contributed by atoms with van der Waals surface area (Å²) in [5.74, 6) is 1.13. The van der Waals surface area contributed by atoms with E-state index in [1.807, 2.05) is 13.2 Å². The first-order valence-corrected chi connectivity index (χ1v) is 7.63. The quantitative estimate of drug-likeness (QED) is 0.931. The normalized spacial score (nSPS) is 18.9. The molecule has 1 unspecified atom stereocenters. The van der Waals surface area contributed by atoms with Gasteiger partial charge >= 0.3 is 0 Å². The second-order valence-corrected chi connectivity index (χ2v) is 6.04. The number of rotatable bonds is 4. The lowest BCUT2D eigenvalue weighted by atomic mass is 10.1. The molecule has 3 rings (SSSR count). The molecule has 4 heteroatoms. The molecule has 1 aliphatic heterocycles. The largest absolute Gasteiger partial charge is 0.354 e. The molecule has 0 saturated carbocycles. The van der Waals surface area contributed by atoms with Crippen molar-refractivity contribution in [2.24, 2.45) is 0 Å². The fourth-order valence-electron chi connectivity index (χ4n) is 3.18. The van der Waals surface area contributed by atoms with Crippen LogP contribution in [0.4, 0.5) is 5.82 Å². The van der Waals surface area contributed by atoms with Crippen molar-refractivity contribution in [3.63, 3.8) is 0 Å². The number of benzene rings is 1. The van der Waals surface area contributed by atoms with E-state index in [1.165, 1.54) is 22.8 Å². The number of aromatic nitrogens is 1. The molecule has 21 heavy (non-hydrogen) atoms. The molecule has 1 saturated heterocycles. The molecule has 0 spiro atoms. The van der Waals surface area contributed by atoms with Gasteiger partial charge in [0.15, 0.2) is 0 Å². The van der Waals surface area contributed by atoms with Crippen molar-refractivity contribution < 1.29 is 0 Å². The van der Waals surface area contributed by atoms with Crippen molar-refractivity contribution in [2.45, 2.75) is 19.0 Å². The minimum absolute atomic E-state index is 0.627. The van der Waals surface area contributed by atoms with E-state index in [0.717, 1.165) is 25.5 Å². The highest BCUT2D eigenvalue weighted by molar-refractivity contribution is 5.94. The van der Waals surface area contributed by atoms with Gasteiger partial charge in [0.05, 0.1) is 0 Å². The second kappa shape index (κ2) is 6.00. The molecule has 1 aromatic heterocycles. The van der Waals surface area contributed by atoms with Gasteiger partial charge in [0.25, 0.3) is 0 Å². The monoisotopic (exact) mass is 284 g/mol. The van der Waals surface area contributed by atoms with Crippen LogP contribution >= 0.6 is 0 Å². The van der Waals surface area contributed by atoms with E-state index in [2.05, 4.69) is 53.5 Å². The van der Waals surface area contributed by atoms with E-state index >= 15 is 0 Å². The Kier molecular flexibility index (Phi) is 4.08. The fraction of sp³-hybridized carbons (Fsp3) is 0.471. The molecule has 2 heterocycles. The lowest BCUT2D eigenvalue weighted by Gasteiger charge is -2.22. The zero-order chi connectivity index (χ0) is 14.8. The number of nitrogens with zero attached hydrogens (tertiary/aromatic N) is 3. The highest BCUT2D eigenvalue weighted by Gasteiger charge is 2.26. The van der Waals surface area contributed by atoms with E-state index in [1.54, 1.807) is 0 Å². The van der Waals surface area contributed by atoms with Gasteiger partial charge in [-0.3, -0.25) is 0 Å². The summed E-state index contributed by atoms with van der Waals surface area (Å²) in [5, 5.41) is 5.81. The maximum Gasteiger partial charge on any atom is 0.136 e. The molecule has 1 N–H and O–H groups in total. The van der Waals surface area contributed by atoms with Crippen molar-refractivity contribution in [2.75, 3.05) is 39.1 Å². The minimum Gasteiger partial charge on any atom is -0.354 e. The standard InChI is InChI=1S/C17H24N4/c1-18-10-13-11-19-17(16-7-5-4-6-15(13)16)21-9-8-14(12-21)20(2)3/h4-7,11,14,18H,8-10,12H2,1-3H3. The first kappa shape index (κ1) is 14.3. The van der Waals surface area contributed by atoms with Crippen LogP contribution in [0.1, 0.15) is 12.0 Å². The zero-order valence-electron chi connectivity index (χ0n) is 13.1. The number of anilines is 1. The van der Waals surface area contributed by atoms with Gasteiger partial charge in [-0.25, -0.2) is 4.98 Å². The van der Waals surface area contributed by atoms with Crippen LogP contribution in [-0.2, 0) is 6.54 Å². The van der Waals surface area contributed by atoms with Gasteiger partial charge in [-0.15, -0.1) is 0 Å². The summed E-state index contributed by atoms with van der Waals surface area (Å²) in [6.45, 7) is 3.01. The third kappa shape index (κ3) is 2.74. The van der Waals surface area contributed by atoms with E-state index in [9.17, 15) is 0 Å². The summed E-state index contributed by atoms with van der Waals surface area (Å²) < 4.78 is 0. The maximum absolute atomic E-state index is 4.77. The summed E-state index contributed by atoms with van der Waals surface area (Å²) in [6, 6.07) is 9.24. The molecule has 1 atom stereocenters. The summed E-state index contributed by atoms with van der Waals surface area (Å²) in [4.78, 5) is 9.51. The number of nitrogens with one attached hydrogen (secondary N) is 1. The lowest BCUT2D eigenvalue weighted by molar-refractivity contribution is 0.315. The summed E-state index contributed by atoms with van der Waals surface area (Å²) >= 11 is 0. The van der Waals surface area contributed by atoms with Gasteiger partial charge in [-0.1, -0.05) is 24.3 Å². The van der Waals surface area contributed by atoms with Gasteiger partial charge in [0.1, 0.15) is 5.82 Å². The number of hydrogen-bond acceptors (Lipinski definition) is 4. The average molecular weight is 284 g/mol. The van der Waals surface area contributed by atoms with Crippen LogP contribution < -0.4 is 10.2 Å². The molecule has 112 valence electrons. The third-order valence-corrected chi connectivity index (χ3v) is 4.42. The highest BCUT2D eigenvalue weighted by atomic mass is 15.3. The summed E-state index contributed by atoms with van der Waals surface area (Å²) in [5.41, 5.74) is 1.26. The van der Waals surface area contributed by atoms with Crippen molar-refractivity contribution in [3.8, 4) is 0 Å². The fourth-order valence-corrected chi connectivity index (χ4v) is 3.18. The molecular weight excluding hydrogens is 260 g/mol. The smallest absolute Gasteiger partial charge is 0.136 e. The number of pyridine rings is 1. The van der Waals surface area contributed by atoms with Crippen molar-refractivity contribution >= 4 is 16.6 Å². The Bertz CT molecular complexity index is 623. The number of fused-ring (bicyclic) bond motifs is 1. The second-order valence-electron chi connectivity index (χ2n) is 6.04. The van der Waals surface area contributed by atoms with Crippen LogP contribution in [0.5, 0.6) is 0 Å². The lowest BCUT2D eigenvalue weighted by Crippen LogP contribution is -2.31. The van der Waals surface area contributed by atoms with E-state index in [0.29, 0.717) is 6.04 Å². The Labute approximate surface area is 126 Å². The van der Waals surface area contributed by atoms with E-state index < -0.39 is 0 Å². The molecule has 1 fully saturated rings. The molecule has 0 aliphatic carbocycles. The maximum atomic E-state index is 4.77. The third-order valence-electron chi connectivity index (χ3n) is 4.42.